The minimum absolute atomic E-state index is 0.146. The van der Waals surface area contributed by atoms with E-state index < -0.39 is 42.4 Å². The molecule has 0 aromatic carbocycles. The first-order chi connectivity index (χ1) is 10.5. The molecule has 0 aliphatic rings. The molecule has 2 N–H and O–H groups in total. The molecule has 6 nitrogen and oxygen atoms in total. The molecule has 23 heavy (non-hydrogen) atoms. The predicted octanol–water partition coefficient (Wildman–Crippen LogP) is 1.80. The predicted molar refractivity (Wildman–Crippen MR) is 72.3 cm³/mol. The van der Waals surface area contributed by atoms with Crippen LogP contribution in [0.25, 0.3) is 0 Å². The molecule has 0 saturated heterocycles. The summed E-state index contributed by atoms with van der Waals surface area (Å²) < 4.78 is 48.7. The number of aliphatic hydroxyl groups is 1. The number of amides is 1. The second kappa shape index (κ2) is 7.03. The van der Waals surface area contributed by atoms with E-state index in [1.807, 2.05) is 0 Å². The molecule has 1 aromatic rings. The fourth-order valence-corrected chi connectivity index (χ4v) is 1.75. The van der Waals surface area contributed by atoms with Crippen LogP contribution in [0.2, 0.25) is 0 Å². The van der Waals surface area contributed by atoms with Crippen LogP contribution in [0.3, 0.4) is 0 Å². The smallest absolute Gasteiger partial charge is 0.425 e. The van der Waals surface area contributed by atoms with Crippen LogP contribution >= 0.6 is 0 Å². The third-order valence-corrected chi connectivity index (χ3v) is 2.83. The molecule has 0 spiro atoms. The quantitative estimate of drug-likeness (QED) is 0.773. The van der Waals surface area contributed by atoms with Crippen molar-refractivity contribution < 1.29 is 37.0 Å². The van der Waals surface area contributed by atoms with Gasteiger partial charge in [0.05, 0.1) is 6.42 Å². The summed E-state index contributed by atoms with van der Waals surface area (Å²) >= 11 is 0. The molecule has 0 fully saturated rings. The minimum atomic E-state index is -5.16. The lowest BCUT2D eigenvalue weighted by molar-refractivity contribution is -0.275. The van der Waals surface area contributed by atoms with Gasteiger partial charge in [0, 0.05) is 6.04 Å². The normalized spacial score (nSPS) is 14.4. The van der Waals surface area contributed by atoms with Crippen LogP contribution in [0.4, 0.5) is 13.2 Å². The number of carbonyl (C=O) groups is 2. The summed E-state index contributed by atoms with van der Waals surface area (Å²) in [6.07, 6.45) is -6.57. The van der Waals surface area contributed by atoms with Crippen molar-refractivity contribution in [3.05, 3.63) is 23.7 Å². The van der Waals surface area contributed by atoms with Crippen molar-refractivity contribution in [1.82, 2.24) is 5.32 Å². The van der Waals surface area contributed by atoms with Gasteiger partial charge in [-0.3, -0.25) is 9.59 Å². The number of hydrogen-bond acceptors (Lipinski definition) is 5. The molecule has 1 heterocycles. The molecule has 0 saturated carbocycles. The minimum Gasteiger partial charge on any atom is -0.463 e. The molecule has 1 amide bonds. The van der Waals surface area contributed by atoms with Crippen molar-refractivity contribution in [3.8, 4) is 0 Å². The highest BCUT2D eigenvalue weighted by molar-refractivity contribution is 5.81. The van der Waals surface area contributed by atoms with Gasteiger partial charge < -0.3 is 19.6 Å². The van der Waals surface area contributed by atoms with Crippen molar-refractivity contribution in [2.45, 2.75) is 45.0 Å². The van der Waals surface area contributed by atoms with E-state index in [1.165, 1.54) is 13.0 Å². The fourth-order valence-electron chi connectivity index (χ4n) is 1.75. The maximum absolute atomic E-state index is 13.1. The number of esters is 1. The molecule has 1 atom stereocenters. The summed E-state index contributed by atoms with van der Waals surface area (Å²) in [7, 11) is 0. The van der Waals surface area contributed by atoms with Crippen LogP contribution < -0.4 is 5.32 Å². The van der Waals surface area contributed by atoms with Crippen LogP contribution in [0.5, 0.6) is 0 Å². The van der Waals surface area contributed by atoms with Gasteiger partial charge >= 0.3 is 12.1 Å². The van der Waals surface area contributed by atoms with E-state index in [0.717, 1.165) is 6.07 Å². The van der Waals surface area contributed by atoms with Crippen molar-refractivity contribution in [2.75, 3.05) is 6.61 Å². The molecular weight excluding hydrogens is 319 g/mol. The molecular formula is C14H18F3NO5. The lowest BCUT2D eigenvalue weighted by Gasteiger charge is -2.27. The van der Waals surface area contributed by atoms with Gasteiger partial charge in [0.25, 0.3) is 5.91 Å². The number of furan rings is 1. The summed E-state index contributed by atoms with van der Waals surface area (Å²) in [5, 5.41) is 12.3. The summed E-state index contributed by atoms with van der Waals surface area (Å²) in [6, 6.07) is 1.95. The van der Waals surface area contributed by atoms with E-state index in [4.69, 9.17) is 4.42 Å². The molecule has 130 valence electrons. The van der Waals surface area contributed by atoms with Crippen molar-refractivity contribution in [1.29, 1.82) is 0 Å². The first-order valence-corrected chi connectivity index (χ1v) is 6.76. The van der Waals surface area contributed by atoms with Gasteiger partial charge in [-0.25, -0.2) is 0 Å². The Balaban J connectivity index is 2.79. The highest BCUT2D eigenvalue weighted by Crippen LogP contribution is 2.42. The monoisotopic (exact) mass is 337 g/mol. The fraction of sp³-hybridized carbons (Fsp3) is 0.571. The zero-order valence-electron chi connectivity index (χ0n) is 12.9. The Kier molecular flexibility index (Phi) is 5.81. The molecule has 0 aliphatic heterocycles. The summed E-state index contributed by atoms with van der Waals surface area (Å²) in [6.45, 7) is 4.00. The molecule has 0 radical (unpaired) electrons. The van der Waals surface area contributed by atoms with Crippen LogP contribution in [-0.2, 0) is 19.9 Å². The van der Waals surface area contributed by atoms with Crippen molar-refractivity contribution in [2.24, 2.45) is 0 Å². The van der Waals surface area contributed by atoms with Crippen LogP contribution in [0.1, 0.15) is 31.8 Å². The number of alkyl halides is 3. The zero-order chi connectivity index (χ0) is 17.8. The van der Waals surface area contributed by atoms with Gasteiger partial charge in [0.2, 0.25) is 5.60 Å². The number of nitrogens with one attached hydrogen (secondary N) is 1. The van der Waals surface area contributed by atoms with Crippen LogP contribution in [0.15, 0.2) is 16.5 Å². The van der Waals surface area contributed by atoms with E-state index in [0.29, 0.717) is 0 Å². The molecule has 1 rings (SSSR count). The van der Waals surface area contributed by atoms with Gasteiger partial charge in [-0.1, -0.05) is 0 Å². The van der Waals surface area contributed by atoms with Crippen molar-refractivity contribution in [3.63, 3.8) is 0 Å². The SMILES string of the molecule is Cc1ccc([C@](O)(CC(=O)OCC(=O)NC(C)C)C(F)(F)F)o1. The summed E-state index contributed by atoms with van der Waals surface area (Å²) in [4.78, 5) is 22.9. The number of hydrogen-bond donors (Lipinski definition) is 2. The Labute approximate surface area is 130 Å². The lowest BCUT2D eigenvalue weighted by atomic mass is 9.96. The maximum Gasteiger partial charge on any atom is 0.425 e. The second-order valence-electron chi connectivity index (χ2n) is 5.33. The first kappa shape index (κ1) is 19.0. The van der Waals surface area contributed by atoms with Gasteiger partial charge in [0.1, 0.15) is 11.5 Å². The summed E-state index contributed by atoms with van der Waals surface area (Å²) in [5.74, 6) is -2.70. The summed E-state index contributed by atoms with van der Waals surface area (Å²) in [5.41, 5.74) is -3.52. The highest BCUT2D eigenvalue weighted by Gasteiger charge is 2.58. The Morgan fingerprint density at radius 1 is 1.35 bits per heavy atom. The number of halogens is 3. The third kappa shape index (κ3) is 4.98. The zero-order valence-corrected chi connectivity index (χ0v) is 12.9. The topological polar surface area (TPSA) is 88.8 Å². The Bertz CT molecular complexity index is 567. The number of aryl methyl sites for hydroxylation is 1. The van der Waals surface area contributed by atoms with E-state index in [1.54, 1.807) is 13.8 Å². The average Bonchev–Trinajstić information content (AvgIpc) is 2.81. The number of carbonyl (C=O) groups excluding carboxylic acids is 2. The second-order valence-corrected chi connectivity index (χ2v) is 5.33. The third-order valence-electron chi connectivity index (χ3n) is 2.83. The van der Waals surface area contributed by atoms with Crippen LogP contribution in [0, 0.1) is 6.92 Å². The molecule has 0 aliphatic carbocycles. The standard InChI is InChI=1S/C14H18F3NO5/c1-8(2)18-11(19)7-22-12(20)6-13(21,14(15,16)17)10-5-4-9(3)23-10/h4-5,8,21H,6-7H2,1-3H3,(H,18,19)/t13-/m1/s1. The largest absolute Gasteiger partial charge is 0.463 e. The van der Waals surface area contributed by atoms with E-state index in [9.17, 15) is 27.9 Å². The van der Waals surface area contributed by atoms with E-state index in [2.05, 4.69) is 10.1 Å². The van der Waals surface area contributed by atoms with Gasteiger partial charge in [-0.05, 0) is 32.9 Å². The molecule has 9 heteroatoms. The molecule has 1 aromatic heterocycles. The average molecular weight is 337 g/mol. The number of rotatable bonds is 6. The Morgan fingerprint density at radius 2 is 1.96 bits per heavy atom. The number of ether oxygens (including phenoxy) is 1. The van der Waals surface area contributed by atoms with Gasteiger partial charge in [-0.2, -0.15) is 13.2 Å². The first-order valence-electron chi connectivity index (χ1n) is 6.76. The highest BCUT2D eigenvalue weighted by atomic mass is 19.4. The molecule has 0 bridgehead atoms. The molecule has 0 unspecified atom stereocenters. The lowest BCUT2D eigenvalue weighted by Crippen LogP contribution is -2.44. The van der Waals surface area contributed by atoms with E-state index in [-0.39, 0.29) is 11.8 Å². The Hall–Kier alpha value is -2.03. The van der Waals surface area contributed by atoms with E-state index >= 15 is 0 Å². The Morgan fingerprint density at radius 3 is 2.39 bits per heavy atom. The van der Waals surface area contributed by atoms with Crippen molar-refractivity contribution >= 4 is 11.9 Å². The maximum atomic E-state index is 13.1. The van der Waals surface area contributed by atoms with Gasteiger partial charge in [0.15, 0.2) is 6.61 Å². The van der Waals surface area contributed by atoms with Gasteiger partial charge in [-0.15, -0.1) is 0 Å². The van der Waals surface area contributed by atoms with Crippen LogP contribution in [-0.4, -0.2) is 35.8 Å².